The summed E-state index contributed by atoms with van der Waals surface area (Å²) in [5.74, 6) is 0.916. The Balaban J connectivity index is 1.51. The molecule has 0 saturated heterocycles. The van der Waals surface area contributed by atoms with Gasteiger partial charge in [-0.1, -0.05) is 29.4 Å². The highest BCUT2D eigenvalue weighted by Crippen LogP contribution is 2.30. The van der Waals surface area contributed by atoms with E-state index >= 15 is 0 Å². The van der Waals surface area contributed by atoms with Gasteiger partial charge in [0.2, 0.25) is 5.91 Å². The molecule has 4 rings (SSSR count). The van der Waals surface area contributed by atoms with Crippen LogP contribution >= 0.6 is 0 Å². The average molecular weight is 336 g/mol. The van der Waals surface area contributed by atoms with Gasteiger partial charge < -0.3 is 14.2 Å². The molecule has 1 aliphatic rings. The van der Waals surface area contributed by atoms with Gasteiger partial charge in [0.15, 0.2) is 5.58 Å². The monoisotopic (exact) mass is 336 g/mol. The van der Waals surface area contributed by atoms with Crippen LogP contribution in [0.15, 0.2) is 53.1 Å². The zero-order valence-electron chi connectivity index (χ0n) is 14.1. The molecule has 5 heteroatoms. The van der Waals surface area contributed by atoms with Crippen molar-refractivity contribution in [1.82, 2.24) is 10.1 Å². The third-order valence-corrected chi connectivity index (χ3v) is 4.59. The average Bonchev–Trinajstić information content (AvgIpc) is 3.42. The van der Waals surface area contributed by atoms with Gasteiger partial charge in [-0.15, -0.1) is 0 Å². The highest BCUT2D eigenvalue weighted by molar-refractivity contribution is 5.86. The van der Waals surface area contributed by atoms with Crippen molar-refractivity contribution in [3.63, 3.8) is 0 Å². The number of ether oxygens (including phenoxy) is 1. The number of hydrogen-bond acceptors (Lipinski definition) is 4. The second-order valence-corrected chi connectivity index (χ2v) is 6.40. The first-order chi connectivity index (χ1) is 12.2. The minimum atomic E-state index is 0.0948. The summed E-state index contributed by atoms with van der Waals surface area (Å²) in [7, 11) is 1.65. The molecule has 0 aliphatic heterocycles. The number of carbonyl (C=O) groups excluding carboxylic acids is 1. The van der Waals surface area contributed by atoms with Crippen LogP contribution in [0.3, 0.4) is 0 Å². The second kappa shape index (κ2) is 6.59. The number of aromatic nitrogens is 1. The van der Waals surface area contributed by atoms with Crippen LogP contribution in [0.2, 0.25) is 0 Å². The number of para-hydroxylation sites is 1. The quantitative estimate of drug-likeness (QED) is 0.690. The first-order valence-electron chi connectivity index (χ1n) is 8.50. The van der Waals surface area contributed by atoms with Crippen molar-refractivity contribution < 1.29 is 14.1 Å². The molecule has 1 aliphatic carbocycles. The molecule has 25 heavy (non-hydrogen) atoms. The lowest BCUT2D eigenvalue weighted by atomic mass is 10.1. The number of methoxy groups -OCH3 is 1. The van der Waals surface area contributed by atoms with E-state index in [0.29, 0.717) is 18.3 Å². The molecule has 0 spiro atoms. The Morgan fingerprint density at radius 1 is 1.20 bits per heavy atom. The number of hydrogen-bond donors (Lipinski definition) is 0. The van der Waals surface area contributed by atoms with E-state index in [4.69, 9.17) is 9.26 Å². The van der Waals surface area contributed by atoms with Crippen molar-refractivity contribution in [2.24, 2.45) is 0 Å². The highest BCUT2D eigenvalue weighted by Gasteiger charge is 2.33. The molecule has 0 atom stereocenters. The molecule has 3 aromatic rings. The molecule has 0 bridgehead atoms. The van der Waals surface area contributed by atoms with E-state index in [1.165, 1.54) is 0 Å². The molecule has 2 aromatic carbocycles. The van der Waals surface area contributed by atoms with Gasteiger partial charge in [-0.05, 0) is 42.7 Å². The summed E-state index contributed by atoms with van der Waals surface area (Å²) in [5.41, 5.74) is 2.53. The number of benzene rings is 2. The van der Waals surface area contributed by atoms with E-state index in [-0.39, 0.29) is 12.3 Å². The Morgan fingerprint density at radius 3 is 2.68 bits per heavy atom. The van der Waals surface area contributed by atoms with E-state index in [9.17, 15) is 4.79 Å². The van der Waals surface area contributed by atoms with Gasteiger partial charge >= 0.3 is 0 Å². The maximum atomic E-state index is 12.9. The number of rotatable bonds is 6. The van der Waals surface area contributed by atoms with Crippen LogP contribution in [0, 0.1) is 0 Å². The van der Waals surface area contributed by atoms with E-state index in [1.54, 1.807) is 7.11 Å². The summed E-state index contributed by atoms with van der Waals surface area (Å²) in [6, 6.07) is 15.9. The zero-order chi connectivity index (χ0) is 17.2. The zero-order valence-corrected chi connectivity index (χ0v) is 14.1. The molecule has 0 N–H and O–H groups in total. The minimum Gasteiger partial charge on any atom is -0.497 e. The maximum Gasteiger partial charge on any atom is 0.229 e. The Kier molecular flexibility index (Phi) is 4.14. The summed E-state index contributed by atoms with van der Waals surface area (Å²) in [6.07, 6.45) is 2.41. The molecule has 1 saturated carbocycles. The number of fused-ring (bicyclic) bond motifs is 1. The SMILES string of the molecule is COc1ccc(CN(C(=O)Cc2noc3ccccc23)C2CC2)cc1. The molecule has 128 valence electrons. The van der Waals surface area contributed by atoms with Crippen molar-refractivity contribution in [1.29, 1.82) is 0 Å². The van der Waals surface area contributed by atoms with Crippen molar-refractivity contribution >= 4 is 16.9 Å². The first kappa shape index (κ1) is 15.7. The molecule has 1 heterocycles. The standard InChI is InChI=1S/C20H20N2O3/c1-24-16-10-6-14(7-11-16)13-22(15-8-9-15)20(23)12-18-17-4-2-3-5-19(17)25-21-18/h2-7,10-11,15H,8-9,12-13H2,1H3. The molecule has 1 amide bonds. The lowest BCUT2D eigenvalue weighted by molar-refractivity contribution is -0.131. The van der Waals surface area contributed by atoms with Gasteiger partial charge in [0.1, 0.15) is 11.4 Å². The predicted molar refractivity (Wildman–Crippen MR) is 94.3 cm³/mol. The minimum absolute atomic E-state index is 0.0948. The van der Waals surface area contributed by atoms with E-state index in [0.717, 1.165) is 35.1 Å². The smallest absolute Gasteiger partial charge is 0.229 e. The van der Waals surface area contributed by atoms with Gasteiger partial charge in [-0.25, -0.2) is 0 Å². The molecular formula is C20H20N2O3. The van der Waals surface area contributed by atoms with Crippen LogP contribution in [-0.4, -0.2) is 29.1 Å². The Bertz CT molecular complexity index is 881. The fourth-order valence-electron chi connectivity index (χ4n) is 3.05. The largest absolute Gasteiger partial charge is 0.497 e. The normalized spacial score (nSPS) is 13.8. The molecular weight excluding hydrogens is 316 g/mol. The topological polar surface area (TPSA) is 55.6 Å². The summed E-state index contributed by atoms with van der Waals surface area (Å²) in [4.78, 5) is 14.8. The molecule has 5 nitrogen and oxygen atoms in total. The van der Waals surface area contributed by atoms with Crippen molar-refractivity contribution in [3.8, 4) is 5.75 Å². The lowest BCUT2D eigenvalue weighted by Crippen LogP contribution is -2.33. The fraction of sp³-hybridized carbons (Fsp3) is 0.300. The molecule has 0 unspecified atom stereocenters. The van der Waals surface area contributed by atoms with Crippen molar-refractivity contribution in [2.45, 2.75) is 31.8 Å². The van der Waals surface area contributed by atoms with E-state index in [1.807, 2.05) is 53.4 Å². The summed E-state index contributed by atoms with van der Waals surface area (Å²) in [6.45, 7) is 0.614. The number of amides is 1. The fourth-order valence-corrected chi connectivity index (χ4v) is 3.05. The van der Waals surface area contributed by atoms with Crippen LogP contribution in [0.25, 0.3) is 11.0 Å². The number of carbonyl (C=O) groups is 1. The van der Waals surface area contributed by atoms with Crippen molar-refractivity contribution in [2.75, 3.05) is 7.11 Å². The van der Waals surface area contributed by atoms with Crippen LogP contribution in [0.5, 0.6) is 5.75 Å². The van der Waals surface area contributed by atoms with Gasteiger partial charge in [0, 0.05) is 18.0 Å². The Labute approximate surface area is 146 Å². The van der Waals surface area contributed by atoms with Gasteiger partial charge in [-0.2, -0.15) is 0 Å². The maximum absolute atomic E-state index is 12.9. The van der Waals surface area contributed by atoms with E-state index < -0.39 is 0 Å². The highest BCUT2D eigenvalue weighted by atomic mass is 16.5. The number of nitrogens with zero attached hydrogens (tertiary/aromatic N) is 2. The summed E-state index contributed by atoms with van der Waals surface area (Å²) < 4.78 is 10.5. The van der Waals surface area contributed by atoms with Crippen molar-refractivity contribution in [3.05, 3.63) is 59.8 Å². The van der Waals surface area contributed by atoms with Crippen LogP contribution in [-0.2, 0) is 17.8 Å². The predicted octanol–water partition coefficient (Wildman–Crippen LogP) is 3.57. The Morgan fingerprint density at radius 2 is 1.96 bits per heavy atom. The molecule has 0 radical (unpaired) electrons. The summed E-state index contributed by atoms with van der Waals surface area (Å²) in [5, 5.41) is 5.00. The molecule has 1 aromatic heterocycles. The van der Waals surface area contributed by atoms with Gasteiger partial charge in [0.25, 0.3) is 0 Å². The third-order valence-electron chi connectivity index (χ3n) is 4.59. The Hall–Kier alpha value is -2.82. The van der Waals surface area contributed by atoms with Gasteiger partial charge in [0.05, 0.1) is 13.5 Å². The van der Waals surface area contributed by atoms with Crippen LogP contribution in [0.1, 0.15) is 24.1 Å². The van der Waals surface area contributed by atoms with Gasteiger partial charge in [-0.3, -0.25) is 4.79 Å². The van der Waals surface area contributed by atoms with Crippen LogP contribution in [0.4, 0.5) is 0 Å². The van der Waals surface area contributed by atoms with Crippen LogP contribution < -0.4 is 4.74 Å². The summed E-state index contributed by atoms with van der Waals surface area (Å²) >= 11 is 0. The third kappa shape index (κ3) is 3.36. The first-order valence-corrected chi connectivity index (χ1v) is 8.50. The molecule has 1 fully saturated rings. The lowest BCUT2D eigenvalue weighted by Gasteiger charge is -2.22. The van der Waals surface area contributed by atoms with E-state index in [2.05, 4.69) is 5.16 Å². The second-order valence-electron chi connectivity index (χ2n) is 6.40.